The van der Waals surface area contributed by atoms with Gasteiger partial charge in [0.25, 0.3) is 0 Å². The molecule has 0 aromatic carbocycles. The summed E-state index contributed by atoms with van der Waals surface area (Å²) in [6, 6.07) is 0.199. The molecule has 0 saturated carbocycles. The van der Waals surface area contributed by atoms with Crippen LogP contribution in [0.2, 0.25) is 0 Å². The molecule has 1 heterocycles. The first-order chi connectivity index (χ1) is 9.52. The molecule has 1 aliphatic rings. The lowest BCUT2D eigenvalue weighted by Crippen LogP contribution is -2.50. The molecule has 0 aromatic heterocycles. The SMILES string of the molecule is CCCC(C)NC(=O)CN(C)CC(=O)N1CCNCC1. The van der Waals surface area contributed by atoms with E-state index in [-0.39, 0.29) is 24.4 Å². The average molecular weight is 284 g/mol. The van der Waals surface area contributed by atoms with Crippen molar-refractivity contribution in [1.29, 1.82) is 0 Å². The first-order valence-electron chi connectivity index (χ1n) is 7.49. The fourth-order valence-corrected chi connectivity index (χ4v) is 2.37. The van der Waals surface area contributed by atoms with Crippen LogP contribution < -0.4 is 10.6 Å². The molecule has 0 radical (unpaired) electrons. The van der Waals surface area contributed by atoms with E-state index in [1.165, 1.54) is 0 Å². The van der Waals surface area contributed by atoms with E-state index in [2.05, 4.69) is 17.6 Å². The van der Waals surface area contributed by atoms with Gasteiger partial charge in [0.1, 0.15) is 0 Å². The van der Waals surface area contributed by atoms with Crippen molar-refractivity contribution in [2.24, 2.45) is 0 Å². The summed E-state index contributed by atoms with van der Waals surface area (Å²) in [5.41, 5.74) is 0. The molecular weight excluding hydrogens is 256 g/mol. The molecule has 6 heteroatoms. The van der Waals surface area contributed by atoms with Crippen molar-refractivity contribution in [1.82, 2.24) is 20.4 Å². The van der Waals surface area contributed by atoms with E-state index in [0.717, 1.165) is 39.0 Å². The Kier molecular flexibility index (Phi) is 7.54. The van der Waals surface area contributed by atoms with Gasteiger partial charge in [0.2, 0.25) is 11.8 Å². The number of hydrogen-bond donors (Lipinski definition) is 2. The second-order valence-electron chi connectivity index (χ2n) is 5.56. The van der Waals surface area contributed by atoms with Crippen LogP contribution in [0.5, 0.6) is 0 Å². The average Bonchev–Trinajstić information content (AvgIpc) is 2.39. The molecule has 116 valence electrons. The highest BCUT2D eigenvalue weighted by Gasteiger charge is 2.18. The van der Waals surface area contributed by atoms with Crippen LogP contribution in [0.15, 0.2) is 0 Å². The molecular formula is C14H28N4O2. The third-order valence-electron chi connectivity index (χ3n) is 3.42. The number of hydrogen-bond acceptors (Lipinski definition) is 4. The lowest BCUT2D eigenvalue weighted by Gasteiger charge is -2.29. The topological polar surface area (TPSA) is 64.7 Å². The molecule has 1 saturated heterocycles. The minimum Gasteiger partial charge on any atom is -0.353 e. The van der Waals surface area contributed by atoms with Gasteiger partial charge in [0, 0.05) is 32.2 Å². The van der Waals surface area contributed by atoms with Gasteiger partial charge in [-0.3, -0.25) is 14.5 Å². The van der Waals surface area contributed by atoms with E-state index in [9.17, 15) is 9.59 Å². The van der Waals surface area contributed by atoms with Gasteiger partial charge >= 0.3 is 0 Å². The Morgan fingerprint density at radius 1 is 1.30 bits per heavy atom. The number of nitrogens with one attached hydrogen (secondary N) is 2. The largest absolute Gasteiger partial charge is 0.353 e. The van der Waals surface area contributed by atoms with Crippen LogP contribution in [-0.2, 0) is 9.59 Å². The Morgan fingerprint density at radius 3 is 2.55 bits per heavy atom. The molecule has 6 nitrogen and oxygen atoms in total. The van der Waals surface area contributed by atoms with Crippen molar-refractivity contribution in [3.63, 3.8) is 0 Å². The first-order valence-corrected chi connectivity index (χ1v) is 7.49. The Hall–Kier alpha value is -1.14. The van der Waals surface area contributed by atoms with Crippen LogP contribution in [0.1, 0.15) is 26.7 Å². The molecule has 1 fully saturated rings. The summed E-state index contributed by atoms with van der Waals surface area (Å²) in [4.78, 5) is 27.5. The predicted molar refractivity (Wildman–Crippen MR) is 79.5 cm³/mol. The van der Waals surface area contributed by atoms with Crippen LogP contribution in [0.25, 0.3) is 0 Å². The predicted octanol–water partition coefficient (Wildman–Crippen LogP) is -0.345. The minimum absolute atomic E-state index is 0.0124. The van der Waals surface area contributed by atoms with E-state index in [1.807, 2.05) is 18.9 Å². The number of carbonyl (C=O) groups excluding carboxylic acids is 2. The van der Waals surface area contributed by atoms with Gasteiger partial charge in [-0.15, -0.1) is 0 Å². The van der Waals surface area contributed by atoms with Crippen LogP contribution >= 0.6 is 0 Å². The smallest absolute Gasteiger partial charge is 0.236 e. The van der Waals surface area contributed by atoms with Gasteiger partial charge in [-0.1, -0.05) is 13.3 Å². The van der Waals surface area contributed by atoms with E-state index in [0.29, 0.717) is 6.54 Å². The normalized spacial score (nSPS) is 17.1. The van der Waals surface area contributed by atoms with Gasteiger partial charge in [-0.25, -0.2) is 0 Å². The van der Waals surface area contributed by atoms with Gasteiger partial charge in [-0.2, -0.15) is 0 Å². The lowest BCUT2D eigenvalue weighted by atomic mass is 10.2. The summed E-state index contributed by atoms with van der Waals surface area (Å²) in [5.74, 6) is 0.0879. The zero-order valence-electron chi connectivity index (χ0n) is 12.9. The van der Waals surface area contributed by atoms with Crippen LogP contribution in [-0.4, -0.2) is 74.0 Å². The van der Waals surface area contributed by atoms with Gasteiger partial charge in [0.15, 0.2) is 0 Å². The third kappa shape index (κ3) is 6.34. The molecule has 1 unspecified atom stereocenters. The van der Waals surface area contributed by atoms with Crippen LogP contribution in [0, 0.1) is 0 Å². The highest BCUT2D eigenvalue weighted by atomic mass is 16.2. The zero-order valence-corrected chi connectivity index (χ0v) is 12.9. The number of likely N-dealkylation sites (N-methyl/N-ethyl adjacent to an activating group) is 1. The number of piperazine rings is 1. The van der Waals surface area contributed by atoms with Gasteiger partial charge in [-0.05, 0) is 20.4 Å². The second-order valence-corrected chi connectivity index (χ2v) is 5.56. The van der Waals surface area contributed by atoms with Crippen molar-refractivity contribution in [3.05, 3.63) is 0 Å². The van der Waals surface area contributed by atoms with Gasteiger partial charge in [0.05, 0.1) is 13.1 Å². The molecule has 1 aliphatic heterocycles. The summed E-state index contributed by atoms with van der Waals surface area (Å²) in [6.45, 7) is 7.89. The Balaban J connectivity index is 2.26. The van der Waals surface area contributed by atoms with Crippen molar-refractivity contribution >= 4 is 11.8 Å². The highest BCUT2D eigenvalue weighted by molar-refractivity contribution is 5.81. The molecule has 0 aliphatic carbocycles. The summed E-state index contributed by atoms with van der Waals surface area (Å²) in [5, 5.41) is 6.17. The zero-order chi connectivity index (χ0) is 15.0. The number of rotatable bonds is 7. The maximum absolute atomic E-state index is 12.0. The molecule has 2 amide bonds. The summed E-state index contributed by atoms with van der Waals surface area (Å²) < 4.78 is 0. The van der Waals surface area contributed by atoms with E-state index in [4.69, 9.17) is 0 Å². The third-order valence-corrected chi connectivity index (χ3v) is 3.42. The monoisotopic (exact) mass is 284 g/mol. The molecule has 2 N–H and O–H groups in total. The Morgan fingerprint density at radius 2 is 1.95 bits per heavy atom. The summed E-state index contributed by atoms with van der Waals surface area (Å²) in [7, 11) is 1.81. The van der Waals surface area contributed by atoms with Crippen molar-refractivity contribution in [3.8, 4) is 0 Å². The fourth-order valence-electron chi connectivity index (χ4n) is 2.37. The van der Waals surface area contributed by atoms with Crippen molar-refractivity contribution in [2.75, 3.05) is 46.3 Å². The molecule has 0 bridgehead atoms. The highest BCUT2D eigenvalue weighted by Crippen LogP contribution is 1.97. The van der Waals surface area contributed by atoms with Crippen molar-refractivity contribution < 1.29 is 9.59 Å². The van der Waals surface area contributed by atoms with Crippen molar-refractivity contribution in [2.45, 2.75) is 32.7 Å². The first kappa shape index (κ1) is 16.9. The molecule has 1 rings (SSSR count). The maximum atomic E-state index is 12.0. The van der Waals surface area contributed by atoms with E-state index >= 15 is 0 Å². The summed E-state index contributed by atoms with van der Waals surface area (Å²) >= 11 is 0. The van der Waals surface area contributed by atoms with Crippen LogP contribution in [0.3, 0.4) is 0 Å². The number of amides is 2. The minimum atomic E-state index is -0.0124. The fraction of sp³-hybridized carbons (Fsp3) is 0.857. The quantitative estimate of drug-likeness (QED) is 0.671. The standard InChI is InChI=1S/C14H28N4O2/c1-4-5-12(2)16-13(19)10-17(3)11-14(20)18-8-6-15-7-9-18/h12,15H,4-11H2,1-3H3,(H,16,19). The van der Waals surface area contributed by atoms with E-state index < -0.39 is 0 Å². The second kappa shape index (κ2) is 8.92. The maximum Gasteiger partial charge on any atom is 0.236 e. The summed E-state index contributed by atoms with van der Waals surface area (Å²) in [6.07, 6.45) is 2.04. The van der Waals surface area contributed by atoms with E-state index in [1.54, 1.807) is 4.90 Å². The number of nitrogens with zero attached hydrogens (tertiary/aromatic N) is 2. The molecule has 20 heavy (non-hydrogen) atoms. The molecule has 0 spiro atoms. The lowest BCUT2D eigenvalue weighted by molar-refractivity contribution is -0.133. The molecule has 1 atom stereocenters. The number of carbonyl (C=O) groups is 2. The molecule has 0 aromatic rings. The Labute approximate surface area is 121 Å². The Bertz CT molecular complexity index is 316. The van der Waals surface area contributed by atoms with Crippen LogP contribution in [0.4, 0.5) is 0 Å². The van der Waals surface area contributed by atoms with Gasteiger partial charge < -0.3 is 15.5 Å².